The van der Waals surface area contributed by atoms with Gasteiger partial charge in [-0.2, -0.15) is 5.10 Å². The number of aliphatic hydroxyl groups excluding tert-OH is 1. The van der Waals surface area contributed by atoms with Crippen LogP contribution in [0, 0.1) is 12.8 Å². The number of rotatable bonds is 7. The molecule has 0 spiro atoms. The summed E-state index contributed by atoms with van der Waals surface area (Å²) >= 11 is 0. The minimum atomic E-state index is -0.360. The first-order valence-electron chi connectivity index (χ1n) is 12.7. The summed E-state index contributed by atoms with van der Waals surface area (Å²) in [6, 6.07) is 2.26. The van der Waals surface area contributed by atoms with Crippen molar-refractivity contribution in [2.45, 2.75) is 76.6 Å². The number of pyridine rings is 1. The van der Waals surface area contributed by atoms with Gasteiger partial charge in [0.1, 0.15) is 6.61 Å². The van der Waals surface area contributed by atoms with Gasteiger partial charge in [0, 0.05) is 36.3 Å². The Kier molecular flexibility index (Phi) is 6.95. The molecule has 0 saturated heterocycles. The highest BCUT2D eigenvalue weighted by molar-refractivity contribution is 5.72. The van der Waals surface area contributed by atoms with Crippen molar-refractivity contribution in [2.24, 2.45) is 5.92 Å². The van der Waals surface area contributed by atoms with Gasteiger partial charge in [-0.05, 0) is 95.0 Å². The van der Waals surface area contributed by atoms with E-state index < -0.39 is 0 Å². The van der Waals surface area contributed by atoms with Gasteiger partial charge in [0.05, 0.1) is 23.9 Å². The second-order valence-electron chi connectivity index (χ2n) is 10.5. The molecule has 0 aliphatic heterocycles. The number of hydrogen-bond donors (Lipinski definition) is 1. The van der Waals surface area contributed by atoms with Gasteiger partial charge in [-0.1, -0.05) is 0 Å². The van der Waals surface area contributed by atoms with E-state index >= 15 is 0 Å². The van der Waals surface area contributed by atoms with E-state index in [0.29, 0.717) is 18.3 Å². The maximum atomic E-state index is 9.95. The molecular weight excluding hydrogens is 426 g/mol. The molecule has 1 N–H and O–H groups in total. The van der Waals surface area contributed by atoms with E-state index in [1.807, 2.05) is 16.9 Å². The second kappa shape index (κ2) is 10.1. The van der Waals surface area contributed by atoms with Gasteiger partial charge in [-0.25, -0.2) is 14.5 Å². The van der Waals surface area contributed by atoms with Crippen LogP contribution >= 0.6 is 0 Å². The predicted molar refractivity (Wildman–Crippen MR) is 133 cm³/mol. The molecule has 0 unspecified atom stereocenters. The van der Waals surface area contributed by atoms with E-state index in [4.69, 9.17) is 4.74 Å². The van der Waals surface area contributed by atoms with E-state index in [9.17, 15) is 5.11 Å². The predicted octanol–water partition coefficient (Wildman–Crippen LogP) is 4.37. The average molecular weight is 464 g/mol. The van der Waals surface area contributed by atoms with E-state index in [0.717, 1.165) is 41.9 Å². The largest absolute Gasteiger partial charge is 0.390 e. The van der Waals surface area contributed by atoms with Crippen LogP contribution in [0.3, 0.4) is 0 Å². The molecule has 3 heterocycles. The molecule has 34 heavy (non-hydrogen) atoms. The summed E-state index contributed by atoms with van der Waals surface area (Å²) in [4.78, 5) is 11.4. The summed E-state index contributed by atoms with van der Waals surface area (Å²) in [6.07, 6.45) is 15.3. The molecule has 182 valence electrons. The van der Waals surface area contributed by atoms with Crippen LogP contribution in [0.2, 0.25) is 0 Å². The van der Waals surface area contributed by atoms with Crippen LogP contribution in [0.4, 0.5) is 0 Å². The Hall–Kier alpha value is -2.35. The Morgan fingerprint density at radius 2 is 1.82 bits per heavy atom. The normalized spacial score (nSPS) is 25.4. The molecule has 7 nitrogen and oxygen atoms in total. The van der Waals surface area contributed by atoms with E-state index in [1.165, 1.54) is 43.3 Å². The lowest BCUT2D eigenvalue weighted by atomic mass is 9.79. The number of nitrogens with zero attached hydrogens (tertiary/aromatic N) is 5. The number of aryl methyl sites for hydroxylation is 1. The van der Waals surface area contributed by atoms with Gasteiger partial charge in [0.15, 0.2) is 5.82 Å². The van der Waals surface area contributed by atoms with E-state index in [1.54, 1.807) is 0 Å². The van der Waals surface area contributed by atoms with E-state index in [2.05, 4.69) is 59.4 Å². The SMILES string of the molecule is Cc1cn2ncc(C3CCC(CN(C)C)CC3)c2cc1-c1cnc(CO[C@H]2CCC[C@@H]2O)nc1. The summed E-state index contributed by atoms with van der Waals surface area (Å²) in [5.74, 6) is 2.04. The van der Waals surface area contributed by atoms with Gasteiger partial charge in [0.25, 0.3) is 0 Å². The van der Waals surface area contributed by atoms with Crippen molar-refractivity contribution < 1.29 is 9.84 Å². The fraction of sp³-hybridized carbons (Fsp3) is 0.593. The summed E-state index contributed by atoms with van der Waals surface area (Å²) in [5, 5.41) is 14.6. The van der Waals surface area contributed by atoms with Gasteiger partial charge in [-0.15, -0.1) is 0 Å². The van der Waals surface area contributed by atoms with Gasteiger partial charge in [-0.3, -0.25) is 0 Å². The topological polar surface area (TPSA) is 75.8 Å². The minimum Gasteiger partial charge on any atom is -0.390 e. The summed E-state index contributed by atoms with van der Waals surface area (Å²) in [5.41, 5.74) is 5.86. The summed E-state index contributed by atoms with van der Waals surface area (Å²) < 4.78 is 7.86. The molecule has 2 saturated carbocycles. The summed E-state index contributed by atoms with van der Waals surface area (Å²) in [7, 11) is 4.34. The van der Waals surface area contributed by atoms with Crippen molar-refractivity contribution in [2.75, 3.05) is 20.6 Å². The molecule has 3 aromatic rings. The van der Waals surface area contributed by atoms with Crippen molar-refractivity contribution in [1.29, 1.82) is 0 Å². The lowest BCUT2D eigenvalue weighted by Crippen LogP contribution is -2.25. The Bertz CT molecular complexity index is 1100. The molecule has 0 radical (unpaired) electrons. The van der Waals surface area contributed by atoms with Crippen molar-refractivity contribution in [3.63, 3.8) is 0 Å². The van der Waals surface area contributed by atoms with Crippen LogP contribution < -0.4 is 0 Å². The zero-order chi connectivity index (χ0) is 23.7. The molecule has 2 aliphatic carbocycles. The van der Waals surface area contributed by atoms with Crippen LogP contribution in [-0.2, 0) is 11.3 Å². The number of aliphatic hydroxyl groups is 1. The Morgan fingerprint density at radius 3 is 2.50 bits per heavy atom. The number of hydrogen-bond acceptors (Lipinski definition) is 6. The molecule has 5 rings (SSSR count). The molecule has 3 aromatic heterocycles. The Morgan fingerprint density at radius 1 is 1.06 bits per heavy atom. The summed E-state index contributed by atoms with van der Waals surface area (Å²) in [6.45, 7) is 3.64. The first-order chi connectivity index (χ1) is 16.5. The van der Waals surface area contributed by atoms with Crippen LogP contribution in [-0.4, -0.2) is 62.4 Å². The third-order valence-corrected chi connectivity index (χ3v) is 7.66. The zero-order valence-electron chi connectivity index (χ0n) is 20.7. The maximum Gasteiger partial charge on any atom is 0.153 e. The number of aromatic nitrogens is 4. The highest BCUT2D eigenvalue weighted by atomic mass is 16.5. The molecular formula is C27H37N5O2. The van der Waals surface area contributed by atoms with Gasteiger partial charge < -0.3 is 14.7 Å². The first kappa shape index (κ1) is 23.4. The van der Waals surface area contributed by atoms with Crippen molar-refractivity contribution in [1.82, 2.24) is 24.5 Å². The van der Waals surface area contributed by atoms with E-state index in [-0.39, 0.29) is 12.2 Å². The number of ether oxygens (including phenoxy) is 1. The molecule has 0 bridgehead atoms. The van der Waals surface area contributed by atoms with Crippen LogP contribution in [0.1, 0.15) is 67.8 Å². The monoisotopic (exact) mass is 463 g/mol. The maximum absolute atomic E-state index is 9.95. The standard InChI is InChI=1S/C27H37N5O2/c1-18-15-32-24(23(14-30-32)20-9-7-19(8-10-20)16-31(2)3)11-22(18)21-12-28-27(29-13-21)17-34-26-6-4-5-25(26)33/h11-15,19-20,25-26,33H,4-10,16-17H2,1-3H3/t19?,20?,25-,26-/m0/s1. The third kappa shape index (κ3) is 5.02. The Balaban J connectivity index is 1.31. The quantitative estimate of drug-likeness (QED) is 0.561. The highest BCUT2D eigenvalue weighted by Crippen LogP contribution is 2.38. The van der Waals surface area contributed by atoms with Crippen molar-refractivity contribution in [3.05, 3.63) is 47.8 Å². The van der Waals surface area contributed by atoms with Crippen molar-refractivity contribution in [3.8, 4) is 11.1 Å². The van der Waals surface area contributed by atoms with Gasteiger partial charge in [0.2, 0.25) is 0 Å². The molecule has 2 fully saturated rings. The first-order valence-corrected chi connectivity index (χ1v) is 12.7. The zero-order valence-corrected chi connectivity index (χ0v) is 20.7. The molecule has 0 aromatic carbocycles. The van der Waals surface area contributed by atoms with Gasteiger partial charge >= 0.3 is 0 Å². The lowest BCUT2D eigenvalue weighted by molar-refractivity contribution is -0.0295. The van der Waals surface area contributed by atoms with Crippen LogP contribution in [0.5, 0.6) is 0 Å². The third-order valence-electron chi connectivity index (χ3n) is 7.66. The number of fused-ring (bicyclic) bond motifs is 1. The average Bonchev–Trinajstić information content (AvgIpc) is 3.43. The van der Waals surface area contributed by atoms with Crippen LogP contribution in [0.25, 0.3) is 16.6 Å². The van der Waals surface area contributed by atoms with Crippen LogP contribution in [0.15, 0.2) is 30.9 Å². The second-order valence-corrected chi connectivity index (χ2v) is 10.5. The fourth-order valence-corrected chi connectivity index (χ4v) is 5.79. The molecule has 2 aliphatic rings. The molecule has 2 atom stereocenters. The smallest absolute Gasteiger partial charge is 0.153 e. The molecule has 0 amide bonds. The molecule has 7 heteroatoms. The van der Waals surface area contributed by atoms with Crippen molar-refractivity contribution >= 4 is 5.52 Å². The lowest BCUT2D eigenvalue weighted by Gasteiger charge is -2.30. The highest BCUT2D eigenvalue weighted by Gasteiger charge is 2.27. The Labute approximate surface area is 202 Å². The fourth-order valence-electron chi connectivity index (χ4n) is 5.79. The minimum absolute atomic E-state index is 0.0915.